The SMILES string of the molecule is O=C(NCc1ccc(F)cc1)c1cc(S(=O)(=O)N2CCOCC2)ccc1N1CCCCC1. The van der Waals surface area contributed by atoms with Crippen molar-refractivity contribution < 1.29 is 22.3 Å². The van der Waals surface area contributed by atoms with Crippen molar-refractivity contribution in [3.05, 3.63) is 59.4 Å². The molecule has 2 fully saturated rings. The summed E-state index contributed by atoms with van der Waals surface area (Å²) < 4.78 is 46.1. The van der Waals surface area contributed by atoms with Crippen LogP contribution in [-0.2, 0) is 21.3 Å². The topological polar surface area (TPSA) is 79.0 Å². The molecule has 7 nitrogen and oxygen atoms in total. The minimum Gasteiger partial charge on any atom is -0.379 e. The van der Waals surface area contributed by atoms with Gasteiger partial charge in [0.25, 0.3) is 5.91 Å². The highest BCUT2D eigenvalue weighted by molar-refractivity contribution is 7.89. The average Bonchev–Trinajstić information content (AvgIpc) is 2.84. The van der Waals surface area contributed by atoms with E-state index in [1.54, 1.807) is 24.3 Å². The van der Waals surface area contributed by atoms with Gasteiger partial charge in [0, 0.05) is 38.4 Å². The molecule has 2 heterocycles. The van der Waals surface area contributed by atoms with Crippen molar-refractivity contribution in [2.75, 3.05) is 44.3 Å². The maximum atomic E-state index is 13.2. The number of anilines is 1. The van der Waals surface area contributed by atoms with E-state index in [1.807, 2.05) is 0 Å². The highest BCUT2D eigenvalue weighted by Crippen LogP contribution is 2.28. The Balaban J connectivity index is 1.62. The molecule has 0 bridgehead atoms. The van der Waals surface area contributed by atoms with Crippen molar-refractivity contribution in [3.8, 4) is 0 Å². The van der Waals surface area contributed by atoms with Crippen LogP contribution in [0.5, 0.6) is 0 Å². The number of hydrogen-bond donors (Lipinski definition) is 1. The van der Waals surface area contributed by atoms with Gasteiger partial charge in [0.15, 0.2) is 0 Å². The first-order chi connectivity index (χ1) is 15.4. The van der Waals surface area contributed by atoms with E-state index in [0.29, 0.717) is 31.9 Å². The molecule has 0 atom stereocenters. The molecule has 2 aliphatic heterocycles. The van der Waals surface area contributed by atoms with Crippen molar-refractivity contribution in [1.82, 2.24) is 9.62 Å². The predicted octanol–water partition coefficient (Wildman–Crippen LogP) is 2.77. The van der Waals surface area contributed by atoms with Gasteiger partial charge in [-0.25, -0.2) is 12.8 Å². The number of morpholine rings is 1. The molecule has 2 aliphatic rings. The zero-order valence-electron chi connectivity index (χ0n) is 17.9. The highest BCUT2D eigenvalue weighted by atomic mass is 32.2. The number of carbonyl (C=O) groups is 1. The summed E-state index contributed by atoms with van der Waals surface area (Å²) in [5, 5.41) is 2.86. The van der Waals surface area contributed by atoms with Crippen LogP contribution in [0.1, 0.15) is 35.2 Å². The second-order valence-corrected chi connectivity index (χ2v) is 9.99. The first kappa shape index (κ1) is 22.7. The number of ether oxygens (including phenoxy) is 1. The summed E-state index contributed by atoms with van der Waals surface area (Å²) in [6.07, 6.45) is 3.21. The quantitative estimate of drug-likeness (QED) is 0.716. The van der Waals surface area contributed by atoms with Gasteiger partial charge in [0.05, 0.1) is 23.7 Å². The molecular weight excluding hydrogens is 433 g/mol. The fourth-order valence-electron chi connectivity index (χ4n) is 4.08. The fraction of sp³-hybridized carbons (Fsp3) is 0.435. The Morgan fingerprint density at radius 3 is 2.34 bits per heavy atom. The van der Waals surface area contributed by atoms with Gasteiger partial charge in [-0.2, -0.15) is 4.31 Å². The molecule has 0 spiro atoms. The molecule has 4 rings (SSSR count). The van der Waals surface area contributed by atoms with Crippen molar-refractivity contribution in [2.24, 2.45) is 0 Å². The molecule has 2 saturated heterocycles. The minimum atomic E-state index is -3.72. The van der Waals surface area contributed by atoms with Gasteiger partial charge < -0.3 is 15.0 Å². The summed E-state index contributed by atoms with van der Waals surface area (Å²) in [7, 11) is -3.72. The first-order valence-electron chi connectivity index (χ1n) is 10.9. The zero-order valence-corrected chi connectivity index (χ0v) is 18.7. The lowest BCUT2D eigenvalue weighted by Crippen LogP contribution is -2.40. The van der Waals surface area contributed by atoms with E-state index < -0.39 is 10.0 Å². The molecule has 0 saturated carbocycles. The van der Waals surface area contributed by atoms with E-state index in [-0.39, 0.29) is 23.2 Å². The van der Waals surface area contributed by atoms with Gasteiger partial charge in [0.2, 0.25) is 10.0 Å². The number of nitrogens with zero attached hydrogens (tertiary/aromatic N) is 2. The van der Waals surface area contributed by atoms with E-state index >= 15 is 0 Å². The maximum absolute atomic E-state index is 13.2. The van der Waals surface area contributed by atoms with Crippen LogP contribution < -0.4 is 10.2 Å². The highest BCUT2D eigenvalue weighted by Gasteiger charge is 2.28. The Bertz CT molecular complexity index is 1050. The van der Waals surface area contributed by atoms with Crippen LogP contribution in [0.25, 0.3) is 0 Å². The van der Waals surface area contributed by atoms with E-state index in [1.165, 1.54) is 22.5 Å². The predicted molar refractivity (Wildman–Crippen MR) is 120 cm³/mol. The van der Waals surface area contributed by atoms with Gasteiger partial charge in [-0.3, -0.25) is 4.79 Å². The molecule has 9 heteroatoms. The van der Waals surface area contributed by atoms with Crippen molar-refractivity contribution in [3.63, 3.8) is 0 Å². The Morgan fingerprint density at radius 1 is 0.969 bits per heavy atom. The molecule has 2 aromatic rings. The van der Waals surface area contributed by atoms with Gasteiger partial charge in [-0.1, -0.05) is 12.1 Å². The molecule has 0 aromatic heterocycles. The van der Waals surface area contributed by atoms with Gasteiger partial charge >= 0.3 is 0 Å². The zero-order chi connectivity index (χ0) is 22.6. The lowest BCUT2D eigenvalue weighted by Gasteiger charge is -2.31. The number of halogens is 1. The number of carbonyl (C=O) groups excluding carboxylic acids is 1. The molecule has 0 radical (unpaired) electrons. The number of rotatable bonds is 6. The van der Waals surface area contributed by atoms with E-state index in [9.17, 15) is 17.6 Å². The Kier molecular flexibility index (Phi) is 7.07. The number of nitrogens with one attached hydrogen (secondary N) is 1. The molecule has 172 valence electrons. The number of piperidine rings is 1. The smallest absolute Gasteiger partial charge is 0.253 e. The monoisotopic (exact) mass is 461 g/mol. The maximum Gasteiger partial charge on any atom is 0.253 e. The summed E-state index contributed by atoms with van der Waals surface area (Å²) in [6.45, 7) is 3.18. The van der Waals surface area contributed by atoms with Crippen molar-refractivity contribution >= 4 is 21.6 Å². The summed E-state index contributed by atoms with van der Waals surface area (Å²) in [6, 6.07) is 10.7. The summed E-state index contributed by atoms with van der Waals surface area (Å²) in [5.41, 5.74) is 1.84. The van der Waals surface area contributed by atoms with Crippen LogP contribution in [0, 0.1) is 5.82 Å². The van der Waals surface area contributed by atoms with Crippen LogP contribution in [0.4, 0.5) is 10.1 Å². The third-order valence-electron chi connectivity index (χ3n) is 5.88. The van der Waals surface area contributed by atoms with Crippen molar-refractivity contribution in [2.45, 2.75) is 30.7 Å². The number of amides is 1. The third kappa shape index (κ3) is 5.11. The summed E-state index contributed by atoms with van der Waals surface area (Å²) >= 11 is 0. The number of benzene rings is 2. The molecule has 0 unspecified atom stereocenters. The second-order valence-electron chi connectivity index (χ2n) is 8.05. The van der Waals surface area contributed by atoms with Gasteiger partial charge in [-0.15, -0.1) is 0 Å². The Hall–Kier alpha value is -2.49. The van der Waals surface area contributed by atoms with E-state index in [0.717, 1.165) is 43.6 Å². The normalized spacial score (nSPS) is 17.8. The number of sulfonamides is 1. The summed E-state index contributed by atoms with van der Waals surface area (Å²) in [5.74, 6) is -0.692. The molecule has 1 N–H and O–H groups in total. The van der Waals surface area contributed by atoms with Crippen LogP contribution in [0.3, 0.4) is 0 Å². The van der Waals surface area contributed by atoms with Crippen LogP contribution in [-0.4, -0.2) is 58.0 Å². The van der Waals surface area contributed by atoms with Gasteiger partial charge in [0.1, 0.15) is 5.82 Å². The number of hydrogen-bond acceptors (Lipinski definition) is 5. The average molecular weight is 462 g/mol. The van der Waals surface area contributed by atoms with E-state index in [4.69, 9.17) is 4.74 Å². The molecule has 0 aliphatic carbocycles. The molecular formula is C23H28FN3O4S. The second kappa shape index (κ2) is 9.97. The first-order valence-corrected chi connectivity index (χ1v) is 12.4. The largest absolute Gasteiger partial charge is 0.379 e. The minimum absolute atomic E-state index is 0.104. The fourth-order valence-corrected chi connectivity index (χ4v) is 5.52. The summed E-state index contributed by atoms with van der Waals surface area (Å²) in [4.78, 5) is 15.4. The lowest BCUT2D eigenvalue weighted by atomic mass is 10.1. The van der Waals surface area contributed by atoms with Gasteiger partial charge in [-0.05, 0) is 55.2 Å². The van der Waals surface area contributed by atoms with Crippen LogP contribution in [0.15, 0.2) is 47.4 Å². The molecule has 2 aromatic carbocycles. The standard InChI is InChI=1S/C23H28FN3O4S/c24-19-6-4-18(5-7-19)17-25-23(28)21-16-20(32(29,30)27-12-14-31-15-13-27)8-9-22(21)26-10-2-1-3-11-26/h4-9,16H,1-3,10-15,17H2,(H,25,28). The Morgan fingerprint density at radius 2 is 1.66 bits per heavy atom. The van der Waals surface area contributed by atoms with E-state index in [2.05, 4.69) is 10.2 Å². The van der Waals surface area contributed by atoms with Crippen LogP contribution in [0.2, 0.25) is 0 Å². The molecule has 1 amide bonds. The Labute approximate surface area is 188 Å². The van der Waals surface area contributed by atoms with Crippen molar-refractivity contribution in [1.29, 1.82) is 0 Å². The lowest BCUT2D eigenvalue weighted by molar-refractivity contribution is 0.0730. The molecule has 32 heavy (non-hydrogen) atoms. The van der Waals surface area contributed by atoms with Crippen LogP contribution >= 0.6 is 0 Å². The third-order valence-corrected chi connectivity index (χ3v) is 7.78.